The van der Waals surface area contributed by atoms with Gasteiger partial charge in [0.1, 0.15) is 5.75 Å². The first-order chi connectivity index (χ1) is 9.69. The zero-order chi connectivity index (χ0) is 14.4. The van der Waals surface area contributed by atoms with Crippen molar-refractivity contribution in [2.45, 2.75) is 64.5 Å². The van der Waals surface area contributed by atoms with E-state index in [0.717, 1.165) is 17.9 Å². The largest absolute Gasteiger partial charge is 0.492 e. The van der Waals surface area contributed by atoms with Gasteiger partial charge in [0.25, 0.3) is 0 Å². The highest BCUT2D eigenvalue weighted by Crippen LogP contribution is 2.23. The number of benzene rings is 1. The van der Waals surface area contributed by atoms with E-state index in [1.165, 1.54) is 37.7 Å². The van der Waals surface area contributed by atoms with Gasteiger partial charge in [0.2, 0.25) is 0 Å². The lowest BCUT2D eigenvalue weighted by Crippen LogP contribution is -2.38. The van der Waals surface area contributed by atoms with Gasteiger partial charge in [0.05, 0.1) is 12.3 Å². The van der Waals surface area contributed by atoms with Crippen molar-refractivity contribution in [3.05, 3.63) is 23.8 Å². The summed E-state index contributed by atoms with van der Waals surface area (Å²) in [5.41, 5.74) is 8.05. The van der Waals surface area contributed by atoms with Crippen LogP contribution in [0, 0.1) is 0 Å². The van der Waals surface area contributed by atoms with Crippen molar-refractivity contribution in [2.24, 2.45) is 0 Å². The molecule has 112 valence electrons. The molecule has 0 saturated heterocycles. The molecule has 1 aliphatic rings. The molecular weight excluding hydrogens is 248 g/mol. The van der Waals surface area contributed by atoms with Crippen LogP contribution in [0.5, 0.6) is 5.75 Å². The minimum atomic E-state index is 0.496. The van der Waals surface area contributed by atoms with Gasteiger partial charge in [-0.1, -0.05) is 25.3 Å². The molecule has 3 heteroatoms. The standard InChI is InChI=1S/C17H28N2O/c1-3-20-17-10-9-14(12-16(17)18)11-13(2)19-15-7-5-4-6-8-15/h9-10,12-13,15,19H,3-8,11,18H2,1-2H3. The summed E-state index contributed by atoms with van der Waals surface area (Å²) in [6, 6.07) is 7.36. The fourth-order valence-electron chi connectivity index (χ4n) is 3.10. The van der Waals surface area contributed by atoms with E-state index in [1.807, 2.05) is 19.1 Å². The first kappa shape index (κ1) is 15.2. The monoisotopic (exact) mass is 276 g/mol. The summed E-state index contributed by atoms with van der Waals surface area (Å²) in [7, 11) is 0. The van der Waals surface area contributed by atoms with Crippen LogP contribution in [-0.4, -0.2) is 18.7 Å². The Bertz CT molecular complexity index is 413. The van der Waals surface area contributed by atoms with Gasteiger partial charge in [0.15, 0.2) is 0 Å². The Morgan fingerprint density at radius 2 is 2.05 bits per heavy atom. The second kappa shape index (κ2) is 7.53. The van der Waals surface area contributed by atoms with E-state index < -0.39 is 0 Å². The highest BCUT2D eigenvalue weighted by Gasteiger charge is 2.15. The van der Waals surface area contributed by atoms with Crippen molar-refractivity contribution in [3.8, 4) is 5.75 Å². The number of hydrogen-bond acceptors (Lipinski definition) is 3. The first-order valence-electron chi connectivity index (χ1n) is 7.96. The Kier molecular flexibility index (Phi) is 5.72. The SMILES string of the molecule is CCOc1ccc(CC(C)NC2CCCCC2)cc1N. The molecule has 0 heterocycles. The van der Waals surface area contributed by atoms with Crippen LogP contribution in [0.4, 0.5) is 5.69 Å². The summed E-state index contributed by atoms with van der Waals surface area (Å²) in [4.78, 5) is 0. The lowest BCUT2D eigenvalue weighted by atomic mass is 9.94. The number of anilines is 1. The quantitative estimate of drug-likeness (QED) is 0.782. The Balaban J connectivity index is 1.86. The van der Waals surface area contributed by atoms with E-state index in [-0.39, 0.29) is 0 Å². The normalized spacial score (nSPS) is 17.9. The van der Waals surface area contributed by atoms with Gasteiger partial charge in [-0.3, -0.25) is 0 Å². The fraction of sp³-hybridized carbons (Fsp3) is 0.647. The number of nitrogens with two attached hydrogens (primary N) is 1. The Labute approximate surface area is 122 Å². The average molecular weight is 276 g/mol. The maximum Gasteiger partial charge on any atom is 0.142 e. The molecule has 1 saturated carbocycles. The van der Waals surface area contributed by atoms with Crippen LogP contribution in [0.15, 0.2) is 18.2 Å². The van der Waals surface area contributed by atoms with E-state index in [0.29, 0.717) is 18.7 Å². The van der Waals surface area contributed by atoms with Crippen molar-refractivity contribution in [3.63, 3.8) is 0 Å². The second-order valence-electron chi connectivity index (χ2n) is 5.91. The highest BCUT2D eigenvalue weighted by atomic mass is 16.5. The van der Waals surface area contributed by atoms with E-state index in [4.69, 9.17) is 10.5 Å². The number of hydrogen-bond donors (Lipinski definition) is 2. The second-order valence-corrected chi connectivity index (χ2v) is 5.91. The molecule has 1 unspecified atom stereocenters. The van der Waals surface area contributed by atoms with Gasteiger partial charge >= 0.3 is 0 Å². The summed E-state index contributed by atoms with van der Waals surface area (Å²) < 4.78 is 5.48. The molecule has 1 atom stereocenters. The zero-order valence-electron chi connectivity index (χ0n) is 12.8. The maximum absolute atomic E-state index is 6.02. The van der Waals surface area contributed by atoms with Crippen molar-refractivity contribution >= 4 is 5.69 Å². The van der Waals surface area contributed by atoms with Gasteiger partial charge in [0, 0.05) is 12.1 Å². The zero-order valence-corrected chi connectivity index (χ0v) is 12.8. The van der Waals surface area contributed by atoms with Crippen molar-refractivity contribution in [1.29, 1.82) is 0 Å². The summed E-state index contributed by atoms with van der Waals surface area (Å²) in [6.07, 6.45) is 7.83. The summed E-state index contributed by atoms with van der Waals surface area (Å²) in [6.45, 7) is 4.90. The summed E-state index contributed by atoms with van der Waals surface area (Å²) >= 11 is 0. The van der Waals surface area contributed by atoms with Crippen LogP contribution in [0.1, 0.15) is 51.5 Å². The molecule has 2 rings (SSSR count). The van der Waals surface area contributed by atoms with Crippen LogP contribution in [-0.2, 0) is 6.42 Å². The minimum Gasteiger partial charge on any atom is -0.492 e. The van der Waals surface area contributed by atoms with Crippen molar-refractivity contribution in [2.75, 3.05) is 12.3 Å². The predicted molar refractivity (Wildman–Crippen MR) is 85.2 cm³/mol. The third kappa shape index (κ3) is 4.41. The van der Waals surface area contributed by atoms with E-state index in [2.05, 4.69) is 18.3 Å². The van der Waals surface area contributed by atoms with Gasteiger partial charge in [-0.05, 0) is 50.8 Å². The molecule has 1 aromatic carbocycles. The minimum absolute atomic E-state index is 0.496. The molecule has 3 N–H and O–H groups in total. The molecule has 0 amide bonds. The molecular formula is C17H28N2O. The lowest BCUT2D eigenvalue weighted by molar-refractivity contribution is 0.340. The molecule has 0 aromatic heterocycles. The third-order valence-corrected chi connectivity index (χ3v) is 4.04. The van der Waals surface area contributed by atoms with Crippen molar-refractivity contribution < 1.29 is 4.74 Å². The van der Waals surface area contributed by atoms with E-state index >= 15 is 0 Å². The predicted octanol–water partition coefficient (Wildman–Crippen LogP) is 3.52. The molecule has 1 aliphatic carbocycles. The molecule has 3 nitrogen and oxygen atoms in total. The Hall–Kier alpha value is -1.22. The summed E-state index contributed by atoms with van der Waals surface area (Å²) in [5, 5.41) is 3.75. The lowest BCUT2D eigenvalue weighted by Gasteiger charge is -2.26. The average Bonchev–Trinajstić information content (AvgIpc) is 2.43. The number of ether oxygens (including phenoxy) is 1. The van der Waals surface area contributed by atoms with Crippen molar-refractivity contribution in [1.82, 2.24) is 5.32 Å². The van der Waals surface area contributed by atoms with Crippen LogP contribution in [0.25, 0.3) is 0 Å². The van der Waals surface area contributed by atoms with Gasteiger partial charge in [-0.25, -0.2) is 0 Å². The third-order valence-electron chi connectivity index (χ3n) is 4.04. The smallest absolute Gasteiger partial charge is 0.142 e. The molecule has 0 bridgehead atoms. The number of nitrogen functional groups attached to an aromatic ring is 1. The highest BCUT2D eigenvalue weighted by molar-refractivity contribution is 5.54. The van der Waals surface area contributed by atoms with E-state index in [1.54, 1.807) is 0 Å². The van der Waals surface area contributed by atoms with Gasteiger partial charge in [-0.2, -0.15) is 0 Å². The molecule has 20 heavy (non-hydrogen) atoms. The molecule has 1 aromatic rings. The van der Waals surface area contributed by atoms with Crippen LogP contribution < -0.4 is 15.8 Å². The van der Waals surface area contributed by atoms with E-state index in [9.17, 15) is 0 Å². The topological polar surface area (TPSA) is 47.3 Å². The fourth-order valence-corrected chi connectivity index (χ4v) is 3.10. The Morgan fingerprint density at radius 3 is 2.70 bits per heavy atom. The van der Waals surface area contributed by atoms with Crippen LogP contribution >= 0.6 is 0 Å². The summed E-state index contributed by atoms with van der Waals surface area (Å²) in [5.74, 6) is 0.796. The van der Waals surface area contributed by atoms with Gasteiger partial charge < -0.3 is 15.8 Å². The number of rotatable bonds is 6. The molecule has 0 radical (unpaired) electrons. The number of nitrogens with one attached hydrogen (secondary N) is 1. The van der Waals surface area contributed by atoms with Gasteiger partial charge in [-0.15, -0.1) is 0 Å². The van der Waals surface area contributed by atoms with Crippen LogP contribution in [0.2, 0.25) is 0 Å². The molecule has 0 aliphatic heterocycles. The molecule has 0 spiro atoms. The Morgan fingerprint density at radius 1 is 1.30 bits per heavy atom. The van der Waals surface area contributed by atoms with Crippen LogP contribution in [0.3, 0.4) is 0 Å². The molecule has 1 fully saturated rings. The maximum atomic E-state index is 6.02. The first-order valence-corrected chi connectivity index (χ1v) is 7.96.